The summed E-state index contributed by atoms with van der Waals surface area (Å²) in [5, 5.41) is 4.04. The maximum Gasteiger partial charge on any atom is 0.163 e. The molecule has 2 unspecified atom stereocenters. The van der Waals surface area contributed by atoms with Gasteiger partial charge in [-0.05, 0) is 48.4 Å². The smallest absolute Gasteiger partial charge is 0.163 e. The van der Waals surface area contributed by atoms with E-state index in [-0.39, 0.29) is 18.1 Å². The van der Waals surface area contributed by atoms with E-state index in [1.807, 2.05) is 32.0 Å². The number of nitrogens with zero attached hydrogens (tertiary/aromatic N) is 3. The van der Waals surface area contributed by atoms with E-state index >= 15 is 0 Å². The molecule has 1 aliphatic rings. The van der Waals surface area contributed by atoms with Gasteiger partial charge in [0.05, 0.1) is 12.7 Å². The van der Waals surface area contributed by atoms with Gasteiger partial charge in [-0.15, -0.1) is 0 Å². The number of ether oxygens (including phenoxy) is 2. The van der Waals surface area contributed by atoms with Crippen molar-refractivity contribution in [1.29, 1.82) is 0 Å². The molecular weight excluding hydrogens is 326 g/mol. The minimum Gasteiger partial charge on any atom is -0.348 e. The molecular formula is C21H25N3O2. The van der Waals surface area contributed by atoms with Gasteiger partial charge in [-0.3, -0.25) is 0 Å². The van der Waals surface area contributed by atoms with E-state index in [4.69, 9.17) is 15.0 Å². The minimum absolute atomic E-state index is 0.0657. The van der Waals surface area contributed by atoms with Crippen molar-refractivity contribution >= 4 is 0 Å². The molecule has 0 bridgehead atoms. The van der Waals surface area contributed by atoms with E-state index in [0.717, 1.165) is 5.56 Å². The van der Waals surface area contributed by atoms with Crippen molar-refractivity contribution in [1.82, 2.24) is 0 Å². The van der Waals surface area contributed by atoms with Crippen LogP contribution in [0.2, 0.25) is 0 Å². The first-order valence-corrected chi connectivity index (χ1v) is 8.99. The van der Waals surface area contributed by atoms with Crippen LogP contribution in [0.3, 0.4) is 0 Å². The normalized spacial score (nSPS) is 21.0. The van der Waals surface area contributed by atoms with Crippen molar-refractivity contribution < 1.29 is 9.47 Å². The first-order valence-electron chi connectivity index (χ1n) is 8.99. The van der Waals surface area contributed by atoms with E-state index in [0.29, 0.717) is 13.0 Å². The molecule has 0 saturated carbocycles. The predicted octanol–water partition coefficient (Wildman–Crippen LogP) is 5.36. The lowest BCUT2D eigenvalue weighted by molar-refractivity contribution is -0.144. The van der Waals surface area contributed by atoms with E-state index in [9.17, 15) is 0 Å². The SMILES string of the molecule is CC(C(Cc1ccc(-c2ccccc2)cc1)N=[N+]=[N-])[C@H]1COC(C)(C)O1. The molecule has 5 nitrogen and oxygen atoms in total. The maximum atomic E-state index is 8.99. The van der Waals surface area contributed by atoms with E-state index < -0.39 is 5.79 Å². The van der Waals surface area contributed by atoms with Crippen LogP contribution in [0.4, 0.5) is 0 Å². The Labute approximate surface area is 154 Å². The van der Waals surface area contributed by atoms with Crippen LogP contribution < -0.4 is 0 Å². The maximum absolute atomic E-state index is 8.99. The Bertz CT molecular complexity index is 768. The summed E-state index contributed by atoms with van der Waals surface area (Å²) in [6, 6.07) is 18.5. The molecule has 3 rings (SSSR count). The van der Waals surface area contributed by atoms with Crippen LogP contribution >= 0.6 is 0 Å². The van der Waals surface area contributed by atoms with Gasteiger partial charge in [-0.1, -0.05) is 66.6 Å². The summed E-state index contributed by atoms with van der Waals surface area (Å²) in [6.45, 7) is 6.40. The molecule has 0 aromatic heterocycles. The van der Waals surface area contributed by atoms with Crippen LogP contribution in [-0.2, 0) is 15.9 Å². The zero-order valence-corrected chi connectivity index (χ0v) is 15.5. The van der Waals surface area contributed by atoms with Crippen LogP contribution in [0, 0.1) is 5.92 Å². The van der Waals surface area contributed by atoms with E-state index in [1.54, 1.807) is 0 Å². The van der Waals surface area contributed by atoms with Crippen LogP contribution in [-0.4, -0.2) is 24.5 Å². The van der Waals surface area contributed by atoms with Gasteiger partial charge < -0.3 is 9.47 Å². The van der Waals surface area contributed by atoms with Crippen LogP contribution in [0.15, 0.2) is 59.7 Å². The third-order valence-electron chi connectivity index (χ3n) is 4.93. The number of benzene rings is 2. The number of azide groups is 1. The average Bonchev–Trinajstić information content (AvgIpc) is 3.02. The van der Waals surface area contributed by atoms with Gasteiger partial charge in [-0.2, -0.15) is 0 Å². The number of hydrogen-bond donors (Lipinski definition) is 0. The summed E-state index contributed by atoms with van der Waals surface area (Å²) in [7, 11) is 0. The van der Waals surface area contributed by atoms with Crippen molar-refractivity contribution in [2.24, 2.45) is 11.0 Å². The third kappa shape index (κ3) is 4.44. The van der Waals surface area contributed by atoms with Gasteiger partial charge in [0.1, 0.15) is 0 Å². The molecule has 3 atom stereocenters. The molecule has 1 aliphatic heterocycles. The Balaban J connectivity index is 1.71. The second-order valence-corrected chi connectivity index (χ2v) is 7.27. The molecule has 2 aromatic carbocycles. The molecule has 0 amide bonds. The molecule has 0 aliphatic carbocycles. The van der Waals surface area contributed by atoms with E-state index in [1.165, 1.54) is 11.1 Å². The average molecular weight is 351 g/mol. The second kappa shape index (κ2) is 7.92. The Morgan fingerprint density at radius 3 is 2.35 bits per heavy atom. The molecule has 26 heavy (non-hydrogen) atoms. The van der Waals surface area contributed by atoms with Crippen LogP contribution in [0.5, 0.6) is 0 Å². The zero-order chi connectivity index (χ0) is 18.6. The van der Waals surface area contributed by atoms with E-state index in [2.05, 4.69) is 53.3 Å². The molecule has 1 heterocycles. The standard InChI is InChI=1S/C21H25N3O2/c1-15(20-14-25-21(2,3)26-20)19(23-24-22)13-16-9-11-18(12-10-16)17-7-5-4-6-8-17/h4-12,15,19-20H,13-14H2,1-3H3/t15?,19?,20-/m1/s1. The summed E-state index contributed by atoms with van der Waals surface area (Å²) in [4.78, 5) is 3.05. The largest absolute Gasteiger partial charge is 0.348 e. The molecule has 2 aromatic rings. The Morgan fingerprint density at radius 1 is 1.12 bits per heavy atom. The summed E-state index contributed by atoms with van der Waals surface area (Å²) in [5.41, 5.74) is 12.5. The fourth-order valence-corrected chi connectivity index (χ4v) is 3.33. The van der Waals surface area contributed by atoms with Gasteiger partial charge in [0.15, 0.2) is 5.79 Å². The summed E-state index contributed by atoms with van der Waals surface area (Å²) < 4.78 is 11.6. The highest BCUT2D eigenvalue weighted by atomic mass is 16.7. The van der Waals surface area contributed by atoms with Gasteiger partial charge in [-0.25, -0.2) is 0 Å². The van der Waals surface area contributed by atoms with Gasteiger partial charge in [0, 0.05) is 11.0 Å². The number of rotatable bonds is 6. The summed E-state index contributed by atoms with van der Waals surface area (Å²) >= 11 is 0. The van der Waals surface area contributed by atoms with Crippen molar-refractivity contribution in [2.45, 2.75) is 45.1 Å². The highest BCUT2D eigenvalue weighted by molar-refractivity contribution is 5.63. The lowest BCUT2D eigenvalue weighted by atomic mass is 9.91. The zero-order valence-electron chi connectivity index (χ0n) is 15.5. The molecule has 136 valence electrons. The molecule has 0 radical (unpaired) electrons. The molecule has 1 saturated heterocycles. The monoisotopic (exact) mass is 351 g/mol. The first-order chi connectivity index (χ1) is 12.5. The minimum atomic E-state index is -0.572. The number of hydrogen-bond acceptors (Lipinski definition) is 3. The second-order valence-electron chi connectivity index (χ2n) is 7.27. The van der Waals surface area contributed by atoms with Gasteiger partial charge in [0.25, 0.3) is 0 Å². The third-order valence-corrected chi connectivity index (χ3v) is 4.93. The van der Waals surface area contributed by atoms with Crippen molar-refractivity contribution in [3.05, 3.63) is 70.6 Å². The topological polar surface area (TPSA) is 67.2 Å². The van der Waals surface area contributed by atoms with Gasteiger partial charge >= 0.3 is 0 Å². The van der Waals surface area contributed by atoms with Crippen molar-refractivity contribution in [3.63, 3.8) is 0 Å². The predicted molar refractivity (Wildman–Crippen MR) is 103 cm³/mol. The summed E-state index contributed by atoms with van der Waals surface area (Å²) in [6.07, 6.45) is 0.615. The fraction of sp³-hybridized carbons (Fsp3) is 0.429. The lowest BCUT2D eigenvalue weighted by Crippen LogP contribution is -2.33. The summed E-state index contributed by atoms with van der Waals surface area (Å²) in [5.74, 6) is -0.501. The van der Waals surface area contributed by atoms with Crippen molar-refractivity contribution in [3.8, 4) is 11.1 Å². The Kier molecular flexibility index (Phi) is 5.62. The quantitative estimate of drug-likeness (QED) is 0.399. The first kappa shape index (κ1) is 18.5. The highest BCUT2D eigenvalue weighted by Gasteiger charge is 2.38. The molecule has 1 fully saturated rings. The Morgan fingerprint density at radius 2 is 1.77 bits per heavy atom. The van der Waals surface area contributed by atoms with Crippen molar-refractivity contribution in [2.75, 3.05) is 6.61 Å². The van der Waals surface area contributed by atoms with Crippen LogP contribution in [0.25, 0.3) is 21.6 Å². The van der Waals surface area contributed by atoms with Crippen LogP contribution in [0.1, 0.15) is 26.3 Å². The lowest BCUT2D eigenvalue weighted by Gasteiger charge is -2.25. The molecule has 5 heteroatoms. The fourth-order valence-electron chi connectivity index (χ4n) is 3.33. The highest BCUT2D eigenvalue weighted by Crippen LogP contribution is 2.30. The molecule has 0 spiro atoms. The van der Waals surface area contributed by atoms with Gasteiger partial charge in [0.2, 0.25) is 0 Å². The Hall–Kier alpha value is -2.33. The molecule has 0 N–H and O–H groups in total.